The average Bonchev–Trinajstić information content (AvgIpc) is 3.21. The molecule has 1 saturated heterocycles. The number of hydrogen-bond acceptors (Lipinski definition) is 6. The van der Waals surface area contributed by atoms with Crippen molar-refractivity contribution in [3.63, 3.8) is 0 Å². The molecule has 1 amide bonds. The first-order valence-electron chi connectivity index (χ1n) is 9.66. The fraction of sp³-hybridized carbons (Fsp3) is 0.500. The summed E-state index contributed by atoms with van der Waals surface area (Å²) in [6, 6.07) is 6.11. The fourth-order valence-corrected chi connectivity index (χ4v) is 3.88. The van der Waals surface area contributed by atoms with Crippen LogP contribution in [0, 0.1) is 6.92 Å². The van der Waals surface area contributed by atoms with Gasteiger partial charge < -0.3 is 10.2 Å². The molecule has 27 heavy (non-hydrogen) atoms. The third-order valence-electron chi connectivity index (χ3n) is 5.29. The van der Waals surface area contributed by atoms with Crippen LogP contribution in [0.5, 0.6) is 0 Å². The number of anilines is 1. The molecule has 2 aromatic heterocycles. The average molecular weight is 366 g/mol. The molecule has 2 aromatic rings. The lowest BCUT2D eigenvalue weighted by Crippen LogP contribution is -2.36. The second-order valence-electron chi connectivity index (χ2n) is 7.30. The van der Waals surface area contributed by atoms with Crippen LogP contribution in [0.2, 0.25) is 0 Å². The van der Waals surface area contributed by atoms with Crippen molar-refractivity contribution in [3.05, 3.63) is 46.5 Å². The highest BCUT2D eigenvalue weighted by molar-refractivity contribution is 5.94. The van der Waals surface area contributed by atoms with Gasteiger partial charge in [0.15, 0.2) is 0 Å². The first-order chi connectivity index (χ1) is 13.1. The lowest BCUT2D eigenvalue weighted by Gasteiger charge is -2.29. The Hall–Kier alpha value is -2.54. The zero-order valence-corrected chi connectivity index (χ0v) is 16.0. The highest BCUT2D eigenvalue weighted by atomic mass is 16.2. The minimum atomic E-state index is 0.0400. The minimum Gasteiger partial charge on any atom is -0.357 e. The zero-order valence-electron chi connectivity index (χ0n) is 16.0. The number of likely N-dealkylation sites (tertiary alicyclic amines) is 1. The topological polar surface area (TPSA) is 74.2 Å². The molecule has 0 unspecified atom stereocenters. The van der Waals surface area contributed by atoms with Crippen molar-refractivity contribution in [2.75, 3.05) is 32.0 Å². The van der Waals surface area contributed by atoms with Crippen LogP contribution in [0.4, 0.5) is 5.95 Å². The molecule has 2 aliphatic rings. The highest BCUT2D eigenvalue weighted by Gasteiger charge is 2.29. The summed E-state index contributed by atoms with van der Waals surface area (Å²) in [5.41, 5.74) is 4.61. The van der Waals surface area contributed by atoms with Gasteiger partial charge in [0, 0.05) is 57.4 Å². The Labute approximate surface area is 159 Å². The van der Waals surface area contributed by atoms with Crippen molar-refractivity contribution in [3.8, 4) is 0 Å². The van der Waals surface area contributed by atoms with Crippen LogP contribution >= 0.6 is 0 Å². The summed E-state index contributed by atoms with van der Waals surface area (Å²) in [6.07, 6.45) is 2.96. The van der Waals surface area contributed by atoms with Gasteiger partial charge in [-0.1, -0.05) is 6.07 Å². The molecule has 142 valence electrons. The smallest absolute Gasteiger partial charge is 0.273 e. The third-order valence-corrected chi connectivity index (χ3v) is 5.29. The predicted octanol–water partition coefficient (Wildman–Crippen LogP) is 2.02. The lowest BCUT2D eigenvalue weighted by molar-refractivity contribution is 0.0783. The fourth-order valence-electron chi connectivity index (χ4n) is 3.88. The van der Waals surface area contributed by atoms with Crippen LogP contribution in [0.15, 0.2) is 18.2 Å². The summed E-state index contributed by atoms with van der Waals surface area (Å²) in [7, 11) is 1.80. The van der Waals surface area contributed by atoms with Crippen LogP contribution in [0.25, 0.3) is 0 Å². The van der Waals surface area contributed by atoms with Gasteiger partial charge in [-0.3, -0.25) is 14.7 Å². The molecule has 2 aliphatic heterocycles. The molecule has 0 radical (unpaired) electrons. The van der Waals surface area contributed by atoms with E-state index in [2.05, 4.69) is 31.2 Å². The normalized spacial score (nSPS) is 17.0. The molecular formula is C20H26N6O. The van der Waals surface area contributed by atoms with Gasteiger partial charge in [-0.2, -0.15) is 0 Å². The Balaban J connectivity index is 1.61. The number of rotatable bonds is 4. The number of carbonyl (C=O) groups excluding carboxylic acids is 1. The van der Waals surface area contributed by atoms with Crippen molar-refractivity contribution >= 4 is 11.9 Å². The van der Waals surface area contributed by atoms with Gasteiger partial charge in [0.1, 0.15) is 5.69 Å². The van der Waals surface area contributed by atoms with Crippen LogP contribution in [-0.2, 0) is 19.5 Å². The van der Waals surface area contributed by atoms with Crippen molar-refractivity contribution in [1.29, 1.82) is 0 Å². The van der Waals surface area contributed by atoms with E-state index in [0.29, 0.717) is 18.2 Å². The molecule has 1 fully saturated rings. The molecule has 0 atom stereocenters. The molecule has 0 saturated carbocycles. The van der Waals surface area contributed by atoms with Gasteiger partial charge in [-0.25, -0.2) is 9.97 Å². The Morgan fingerprint density at radius 2 is 1.96 bits per heavy atom. The molecule has 0 spiro atoms. The Kier molecular flexibility index (Phi) is 5.03. The van der Waals surface area contributed by atoms with E-state index in [0.717, 1.165) is 68.1 Å². The van der Waals surface area contributed by atoms with Gasteiger partial charge in [0.2, 0.25) is 5.95 Å². The maximum absolute atomic E-state index is 13.1. The number of fused-ring (bicyclic) bond motifs is 1. The summed E-state index contributed by atoms with van der Waals surface area (Å²) in [4.78, 5) is 31.1. The predicted molar refractivity (Wildman–Crippen MR) is 104 cm³/mol. The van der Waals surface area contributed by atoms with Gasteiger partial charge in [0.25, 0.3) is 5.91 Å². The maximum atomic E-state index is 13.1. The van der Waals surface area contributed by atoms with E-state index >= 15 is 0 Å². The second-order valence-corrected chi connectivity index (χ2v) is 7.30. The van der Waals surface area contributed by atoms with E-state index < -0.39 is 0 Å². The molecule has 4 rings (SSSR count). The molecule has 1 N–H and O–H groups in total. The zero-order chi connectivity index (χ0) is 18.8. The first-order valence-corrected chi connectivity index (χ1v) is 9.66. The molecule has 4 heterocycles. The van der Waals surface area contributed by atoms with Crippen molar-refractivity contribution in [2.24, 2.45) is 0 Å². The number of aryl methyl sites for hydroxylation is 1. The quantitative estimate of drug-likeness (QED) is 0.892. The van der Waals surface area contributed by atoms with E-state index in [1.165, 1.54) is 0 Å². The number of nitrogens with zero attached hydrogens (tertiary/aromatic N) is 5. The number of pyridine rings is 1. The van der Waals surface area contributed by atoms with Gasteiger partial charge in [-0.15, -0.1) is 0 Å². The van der Waals surface area contributed by atoms with E-state index in [-0.39, 0.29) is 5.91 Å². The van der Waals surface area contributed by atoms with Crippen molar-refractivity contribution in [2.45, 2.75) is 39.3 Å². The Bertz CT molecular complexity index is 846. The van der Waals surface area contributed by atoms with E-state index in [1.807, 2.05) is 24.0 Å². The second kappa shape index (κ2) is 7.60. The number of nitrogens with one attached hydrogen (secondary N) is 1. The summed E-state index contributed by atoms with van der Waals surface area (Å²) in [5, 5.41) is 3.00. The summed E-state index contributed by atoms with van der Waals surface area (Å²) in [6.45, 7) is 6.01. The minimum absolute atomic E-state index is 0.0400. The summed E-state index contributed by atoms with van der Waals surface area (Å²) in [5.74, 6) is 0.572. The van der Waals surface area contributed by atoms with Crippen molar-refractivity contribution in [1.82, 2.24) is 24.8 Å². The largest absolute Gasteiger partial charge is 0.357 e. The van der Waals surface area contributed by atoms with E-state index in [4.69, 9.17) is 0 Å². The monoisotopic (exact) mass is 366 g/mol. The summed E-state index contributed by atoms with van der Waals surface area (Å²) < 4.78 is 0. The molecule has 0 aromatic carbocycles. The standard InChI is InChI=1S/C20H26N6O/c1-14-6-5-7-15(22-14)12-25-11-8-17-16(13-25)18(24-20(21-2)23-17)19(27)26-9-3-4-10-26/h5-7H,3-4,8-13H2,1-2H3,(H,21,23,24). The van der Waals surface area contributed by atoms with Crippen LogP contribution < -0.4 is 5.32 Å². The maximum Gasteiger partial charge on any atom is 0.273 e. The van der Waals surface area contributed by atoms with Crippen molar-refractivity contribution < 1.29 is 4.79 Å². The first kappa shape index (κ1) is 17.9. The lowest BCUT2D eigenvalue weighted by atomic mass is 10.0. The van der Waals surface area contributed by atoms with Crippen LogP contribution in [0.1, 0.15) is 46.0 Å². The van der Waals surface area contributed by atoms with Gasteiger partial charge >= 0.3 is 0 Å². The Morgan fingerprint density at radius 1 is 1.15 bits per heavy atom. The molecular weight excluding hydrogens is 340 g/mol. The third kappa shape index (κ3) is 3.78. The van der Waals surface area contributed by atoms with Crippen LogP contribution in [-0.4, -0.2) is 57.3 Å². The molecule has 0 bridgehead atoms. The number of amides is 1. The molecule has 7 heteroatoms. The molecule has 7 nitrogen and oxygen atoms in total. The van der Waals surface area contributed by atoms with Gasteiger partial charge in [0.05, 0.1) is 11.4 Å². The van der Waals surface area contributed by atoms with E-state index in [9.17, 15) is 4.79 Å². The number of aromatic nitrogens is 3. The van der Waals surface area contributed by atoms with E-state index in [1.54, 1.807) is 7.05 Å². The Morgan fingerprint density at radius 3 is 2.70 bits per heavy atom. The SMILES string of the molecule is CNc1nc2c(c(C(=O)N3CCCC3)n1)CN(Cc1cccc(C)n1)CC2. The number of hydrogen-bond donors (Lipinski definition) is 1. The highest BCUT2D eigenvalue weighted by Crippen LogP contribution is 2.25. The van der Waals surface area contributed by atoms with Gasteiger partial charge in [-0.05, 0) is 31.9 Å². The summed E-state index contributed by atoms with van der Waals surface area (Å²) >= 11 is 0. The van der Waals surface area contributed by atoms with Crippen LogP contribution in [0.3, 0.4) is 0 Å². The molecule has 0 aliphatic carbocycles. The number of carbonyl (C=O) groups is 1.